The zero-order valence-electron chi connectivity index (χ0n) is 9.36. The molecular weight excluding hydrogens is 225 g/mol. The molecule has 1 heterocycles. The molecule has 1 aromatic heterocycles. The van der Waals surface area contributed by atoms with Crippen molar-refractivity contribution >= 4 is 6.29 Å². The molecule has 0 radical (unpaired) electrons. The molecule has 88 valence electrons. The molecule has 0 spiro atoms. The minimum absolute atomic E-state index is 0.0899. The SMILES string of the molecule is COc1ccc(-c2nc(C)oc2C=O)cc1F. The number of carbonyl (C=O) groups is 1. The van der Waals surface area contributed by atoms with E-state index in [9.17, 15) is 9.18 Å². The van der Waals surface area contributed by atoms with Crippen LogP contribution in [-0.2, 0) is 0 Å². The molecule has 0 aliphatic heterocycles. The Morgan fingerprint density at radius 3 is 2.82 bits per heavy atom. The second-order valence-corrected chi connectivity index (χ2v) is 3.41. The third-order valence-electron chi connectivity index (χ3n) is 2.29. The van der Waals surface area contributed by atoms with Gasteiger partial charge in [0.2, 0.25) is 0 Å². The molecular formula is C12H10FNO3. The van der Waals surface area contributed by atoms with Crippen molar-refractivity contribution in [2.75, 3.05) is 7.11 Å². The van der Waals surface area contributed by atoms with Crippen LogP contribution in [0, 0.1) is 12.7 Å². The van der Waals surface area contributed by atoms with Gasteiger partial charge >= 0.3 is 0 Å². The summed E-state index contributed by atoms with van der Waals surface area (Å²) in [5.74, 6) is 0.0783. The minimum atomic E-state index is -0.512. The summed E-state index contributed by atoms with van der Waals surface area (Å²) < 4.78 is 23.4. The van der Waals surface area contributed by atoms with Crippen LogP contribution in [0.1, 0.15) is 16.4 Å². The smallest absolute Gasteiger partial charge is 0.195 e. The number of methoxy groups -OCH3 is 1. The fourth-order valence-corrected chi connectivity index (χ4v) is 1.54. The van der Waals surface area contributed by atoms with Crippen molar-refractivity contribution in [1.82, 2.24) is 4.98 Å². The summed E-state index contributed by atoms with van der Waals surface area (Å²) in [6.45, 7) is 1.62. The van der Waals surface area contributed by atoms with Crippen LogP contribution in [-0.4, -0.2) is 18.4 Å². The molecule has 1 aromatic carbocycles. The summed E-state index contributed by atoms with van der Waals surface area (Å²) in [6.07, 6.45) is 0.553. The van der Waals surface area contributed by atoms with E-state index < -0.39 is 5.82 Å². The molecule has 0 saturated carbocycles. The lowest BCUT2D eigenvalue weighted by Crippen LogP contribution is -1.90. The Morgan fingerprint density at radius 1 is 1.47 bits per heavy atom. The Balaban J connectivity index is 2.52. The minimum Gasteiger partial charge on any atom is -0.494 e. The van der Waals surface area contributed by atoms with Gasteiger partial charge in [0.1, 0.15) is 5.69 Å². The Kier molecular flexibility index (Phi) is 2.91. The second-order valence-electron chi connectivity index (χ2n) is 3.41. The second kappa shape index (κ2) is 4.37. The van der Waals surface area contributed by atoms with Crippen molar-refractivity contribution in [2.24, 2.45) is 0 Å². The van der Waals surface area contributed by atoms with Crippen molar-refractivity contribution in [3.63, 3.8) is 0 Å². The highest BCUT2D eigenvalue weighted by molar-refractivity contribution is 5.82. The average molecular weight is 235 g/mol. The van der Waals surface area contributed by atoms with Crippen LogP contribution in [0.2, 0.25) is 0 Å². The Hall–Kier alpha value is -2.17. The topological polar surface area (TPSA) is 52.3 Å². The highest BCUT2D eigenvalue weighted by Gasteiger charge is 2.14. The number of aldehydes is 1. The van der Waals surface area contributed by atoms with Gasteiger partial charge in [-0.1, -0.05) is 0 Å². The van der Waals surface area contributed by atoms with Crippen LogP contribution in [0.25, 0.3) is 11.3 Å². The molecule has 0 amide bonds. The summed E-state index contributed by atoms with van der Waals surface area (Å²) in [6, 6.07) is 4.35. The van der Waals surface area contributed by atoms with Gasteiger partial charge in [-0.15, -0.1) is 0 Å². The summed E-state index contributed by atoms with van der Waals surface area (Å²) >= 11 is 0. The number of benzene rings is 1. The summed E-state index contributed by atoms with van der Waals surface area (Å²) in [5.41, 5.74) is 0.807. The van der Waals surface area contributed by atoms with E-state index in [1.165, 1.54) is 19.2 Å². The van der Waals surface area contributed by atoms with E-state index in [2.05, 4.69) is 4.98 Å². The van der Waals surface area contributed by atoms with Gasteiger partial charge in [0.05, 0.1) is 7.11 Å². The normalized spacial score (nSPS) is 10.3. The molecule has 0 atom stereocenters. The van der Waals surface area contributed by atoms with Crippen LogP contribution >= 0.6 is 0 Å². The van der Waals surface area contributed by atoms with Gasteiger partial charge < -0.3 is 9.15 Å². The van der Waals surface area contributed by atoms with E-state index in [4.69, 9.17) is 9.15 Å². The lowest BCUT2D eigenvalue weighted by molar-refractivity contribution is 0.110. The maximum atomic E-state index is 13.5. The quantitative estimate of drug-likeness (QED) is 0.767. The van der Waals surface area contributed by atoms with Crippen LogP contribution in [0.15, 0.2) is 22.6 Å². The molecule has 0 fully saturated rings. The number of hydrogen-bond acceptors (Lipinski definition) is 4. The maximum Gasteiger partial charge on any atom is 0.195 e. The molecule has 4 nitrogen and oxygen atoms in total. The highest BCUT2D eigenvalue weighted by Crippen LogP contribution is 2.27. The first kappa shape index (κ1) is 11.3. The monoisotopic (exact) mass is 235 g/mol. The van der Waals surface area contributed by atoms with Crippen molar-refractivity contribution in [3.8, 4) is 17.0 Å². The van der Waals surface area contributed by atoms with Gasteiger partial charge in [0, 0.05) is 12.5 Å². The van der Waals surface area contributed by atoms with E-state index in [0.717, 1.165) is 0 Å². The first-order valence-electron chi connectivity index (χ1n) is 4.92. The molecule has 2 aromatic rings. The zero-order chi connectivity index (χ0) is 12.4. The van der Waals surface area contributed by atoms with Crippen LogP contribution in [0.5, 0.6) is 5.75 Å². The summed E-state index contributed by atoms with van der Waals surface area (Å²) in [7, 11) is 1.38. The largest absolute Gasteiger partial charge is 0.494 e. The third kappa shape index (κ3) is 2.04. The number of rotatable bonds is 3. The number of oxazole rings is 1. The molecule has 0 aliphatic rings. The van der Waals surface area contributed by atoms with Crippen molar-refractivity contribution in [2.45, 2.75) is 6.92 Å². The first-order valence-corrected chi connectivity index (χ1v) is 4.92. The lowest BCUT2D eigenvalue weighted by Gasteiger charge is -2.03. The molecule has 0 bridgehead atoms. The number of hydrogen-bond donors (Lipinski definition) is 0. The van der Waals surface area contributed by atoms with Crippen LogP contribution in [0.3, 0.4) is 0 Å². The molecule has 5 heteroatoms. The molecule has 0 N–H and O–H groups in total. The first-order chi connectivity index (χ1) is 8.15. The Labute approximate surface area is 97.0 Å². The van der Waals surface area contributed by atoms with Crippen LogP contribution in [0.4, 0.5) is 4.39 Å². The fourth-order valence-electron chi connectivity index (χ4n) is 1.54. The lowest BCUT2D eigenvalue weighted by atomic mass is 10.1. The van der Waals surface area contributed by atoms with E-state index in [1.54, 1.807) is 13.0 Å². The number of nitrogens with zero attached hydrogens (tertiary/aromatic N) is 1. The van der Waals surface area contributed by atoms with Gasteiger partial charge in [-0.05, 0) is 18.2 Å². The van der Waals surface area contributed by atoms with Crippen molar-refractivity contribution in [3.05, 3.63) is 35.7 Å². The summed E-state index contributed by atoms with van der Waals surface area (Å²) in [4.78, 5) is 14.8. The molecule has 0 aliphatic carbocycles. The maximum absolute atomic E-state index is 13.5. The van der Waals surface area contributed by atoms with Crippen molar-refractivity contribution in [1.29, 1.82) is 0 Å². The number of carbonyl (C=O) groups excluding carboxylic acids is 1. The van der Waals surface area contributed by atoms with Crippen LogP contribution < -0.4 is 4.74 Å². The van der Waals surface area contributed by atoms with Crippen molar-refractivity contribution < 1.29 is 18.3 Å². The molecule has 17 heavy (non-hydrogen) atoms. The van der Waals surface area contributed by atoms with E-state index in [0.29, 0.717) is 23.4 Å². The standard InChI is InChI=1S/C12H10FNO3/c1-7-14-12(11(6-15)17-7)8-3-4-10(16-2)9(13)5-8/h3-6H,1-2H3. The molecule has 0 unspecified atom stereocenters. The summed E-state index contributed by atoms with van der Waals surface area (Å²) in [5, 5.41) is 0. The zero-order valence-corrected chi connectivity index (χ0v) is 9.36. The van der Waals surface area contributed by atoms with E-state index in [1.807, 2.05) is 0 Å². The van der Waals surface area contributed by atoms with Gasteiger partial charge in [-0.3, -0.25) is 4.79 Å². The van der Waals surface area contributed by atoms with E-state index >= 15 is 0 Å². The highest BCUT2D eigenvalue weighted by atomic mass is 19.1. The predicted molar refractivity (Wildman–Crippen MR) is 58.6 cm³/mol. The molecule has 0 saturated heterocycles. The Morgan fingerprint density at radius 2 is 2.24 bits per heavy atom. The van der Waals surface area contributed by atoms with Gasteiger partial charge in [-0.2, -0.15) is 0 Å². The number of aromatic nitrogens is 1. The predicted octanol–water partition coefficient (Wildman–Crippen LogP) is 2.61. The Bertz CT molecular complexity index is 563. The number of aryl methyl sites for hydroxylation is 1. The number of halogens is 1. The van der Waals surface area contributed by atoms with Gasteiger partial charge in [0.25, 0.3) is 0 Å². The van der Waals surface area contributed by atoms with E-state index in [-0.39, 0.29) is 11.5 Å². The fraction of sp³-hybridized carbons (Fsp3) is 0.167. The number of ether oxygens (including phenoxy) is 1. The van der Waals surface area contributed by atoms with Gasteiger partial charge in [-0.25, -0.2) is 9.37 Å². The third-order valence-corrected chi connectivity index (χ3v) is 2.29. The molecule has 2 rings (SSSR count). The average Bonchev–Trinajstić information content (AvgIpc) is 2.70. The van der Waals surface area contributed by atoms with Gasteiger partial charge in [0.15, 0.2) is 29.5 Å².